The molecule has 0 aliphatic rings. The number of hydrogen-bond acceptors (Lipinski definition) is 4. The van der Waals surface area contributed by atoms with Crippen LogP contribution >= 0.6 is 27.3 Å². The van der Waals surface area contributed by atoms with Gasteiger partial charge in [-0.2, -0.15) is 0 Å². The summed E-state index contributed by atoms with van der Waals surface area (Å²) in [6.07, 6.45) is 0.725. The molecule has 4 nitrogen and oxygen atoms in total. The van der Waals surface area contributed by atoms with E-state index < -0.39 is 10.0 Å². The van der Waals surface area contributed by atoms with Crippen molar-refractivity contribution in [1.29, 1.82) is 0 Å². The Kier molecular flexibility index (Phi) is 5.08. The third-order valence-electron chi connectivity index (χ3n) is 3.10. The summed E-state index contributed by atoms with van der Waals surface area (Å²) in [5.41, 5.74) is 2.29. The highest BCUT2D eigenvalue weighted by molar-refractivity contribution is 9.10. The normalized spacial score (nSPS) is 11.6. The van der Waals surface area contributed by atoms with Crippen molar-refractivity contribution < 1.29 is 13.5 Å². The molecule has 0 aliphatic heterocycles. The predicted molar refractivity (Wildman–Crippen MR) is 89.3 cm³/mol. The van der Waals surface area contributed by atoms with E-state index in [4.69, 9.17) is 0 Å². The maximum Gasteiger partial charge on any atom is 0.271 e. The summed E-state index contributed by atoms with van der Waals surface area (Å²) in [6.45, 7) is 3.61. The lowest BCUT2D eigenvalue weighted by Gasteiger charge is -2.11. The maximum atomic E-state index is 12.4. The van der Waals surface area contributed by atoms with Gasteiger partial charge < -0.3 is 5.11 Å². The molecule has 0 saturated carbocycles. The highest BCUT2D eigenvalue weighted by atomic mass is 79.9. The van der Waals surface area contributed by atoms with Gasteiger partial charge in [0, 0.05) is 9.35 Å². The molecule has 0 radical (unpaired) electrons. The molecule has 1 heterocycles. The van der Waals surface area contributed by atoms with Gasteiger partial charge in [-0.3, -0.25) is 4.72 Å². The lowest BCUT2D eigenvalue weighted by Crippen LogP contribution is -2.12. The van der Waals surface area contributed by atoms with Gasteiger partial charge in [-0.1, -0.05) is 22.9 Å². The second kappa shape index (κ2) is 6.48. The van der Waals surface area contributed by atoms with Gasteiger partial charge >= 0.3 is 0 Å². The average Bonchev–Trinajstić information content (AvgIpc) is 2.82. The highest BCUT2D eigenvalue weighted by Gasteiger charge is 2.20. The van der Waals surface area contributed by atoms with Crippen molar-refractivity contribution in [1.82, 2.24) is 0 Å². The van der Waals surface area contributed by atoms with Crippen molar-refractivity contribution in [3.05, 3.63) is 44.7 Å². The number of hydrogen-bond donors (Lipinski definition) is 2. The second-order valence-electron chi connectivity index (χ2n) is 4.59. The van der Waals surface area contributed by atoms with E-state index >= 15 is 0 Å². The molecular weight excluding hydrogens is 374 g/mol. The van der Waals surface area contributed by atoms with Gasteiger partial charge in [0.15, 0.2) is 0 Å². The van der Waals surface area contributed by atoms with Gasteiger partial charge in [0.1, 0.15) is 4.21 Å². The van der Waals surface area contributed by atoms with Crippen LogP contribution in [0.5, 0.6) is 0 Å². The van der Waals surface area contributed by atoms with Crippen molar-refractivity contribution in [2.75, 3.05) is 4.72 Å². The fraction of sp³-hybridized carbons (Fsp3) is 0.286. The first-order valence-corrected chi connectivity index (χ1v) is 9.48. The highest BCUT2D eigenvalue weighted by Crippen LogP contribution is 2.29. The third-order valence-corrected chi connectivity index (χ3v) is 6.65. The molecule has 0 aliphatic carbocycles. The van der Waals surface area contributed by atoms with Crippen LogP contribution in [-0.2, 0) is 23.1 Å². The zero-order chi connectivity index (χ0) is 15.6. The molecule has 1 aromatic heterocycles. The van der Waals surface area contributed by atoms with Crippen molar-refractivity contribution in [2.45, 2.75) is 31.1 Å². The molecule has 7 heteroatoms. The lowest BCUT2D eigenvalue weighted by atomic mass is 10.1. The number of aliphatic hydroxyl groups is 1. The molecule has 0 unspecified atom stereocenters. The topological polar surface area (TPSA) is 66.4 Å². The Morgan fingerprint density at radius 2 is 2.05 bits per heavy atom. The standard InChI is InChI=1S/C14H16BrNO3S2/c1-3-10-7-11(15)4-5-12(10)16-21(18,19)14-6-9(2)13(8-17)20-14/h4-7,16-17H,3,8H2,1-2H3. The number of rotatable bonds is 5. The fourth-order valence-electron chi connectivity index (χ4n) is 1.93. The molecular formula is C14H16BrNO3S2. The van der Waals surface area contributed by atoms with Crippen LogP contribution in [0.25, 0.3) is 0 Å². The number of aliphatic hydroxyl groups excluding tert-OH is 1. The van der Waals surface area contributed by atoms with E-state index in [9.17, 15) is 13.5 Å². The van der Waals surface area contributed by atoms with E-state index in [1.54, 1.807) is 25.1 Å². The Labute approximate surface area is 137 Å². The van der Waals surface area contributed by atoms with Crippen LogP contribution in [0, 0.1) is 6.92 Å². The molecule has 0 fully saturated rings. The molecule has 0 spiro atoms. The lowest BCUT2D eigenvalue weighted by molar-refractivity contribution is 0.285. The van der Waals surface area contributed by atoms with Crippen molar-refractivity contribution in [3.63, 3.8) is 0 Å². The first kappa shape index (κ1) is 16.5. The van der Waals surface area contributed by atoms with Crippen LogP contribution in [0.2, 0.25) is 0 Å². The fourth-order valence-corrected chi connectivity index (χ4v) is 4.89. The summed E-state index contributed by atoms with van der Waals surface area (Å²) in [6, 6.07) is 7.03. The van der Waals surface area contributed by atoms with Crippen molar-refractivity contribution in [3.8, 4) is 0 Å². The van der Waals surface area contributed by atoms with Gasteiger partial charge in [0.2, 0.25) is 0 Å². The van der Waals surface area contributed by atoms with Crippen molar-refractivity contribution in [2.24, 2.45) is 0 Å². The molecule has 2 aromatic rings. The summed E-state index contributed by atoms with van der Waals surface area (Å²) in [4.78, 5) is 0.668. The number of benzene rings is 1. The summed E-state index contributed by atoms with van der Waals surface area (Å²) >= 11 is 4.47. The van der Waals surface area contributed by atoms with E-state index in [0.29, 0.717) is 10.6 Å². The van der Waals surface area contributed by atoms with Crippen LogP contribution in [0.4, 0.5) is 5.69 Å². The van der Waals surface area contributed by atoms with E-state index in [0.717, 1.165) is 33.4 Å². The number of sulfonamides is 1. The molecule has 0 bridgehead atoms. The van der Waals surface area contributed by atoms with Crippen LogP contribution in [0.1, 0.15) is 22.9 Å². The molecule has 2 N–H and O–H groups in total. The third kappa shape index (κ3) is 3.66. The van der Waals surface area contributed by atoms with Gasteiger partial charge in [-0.15, -0.1) is 11.3 Å². The van der Waals surface area contributed by atoms with E-state index in [-0.39, 0.29) is 10.8 Å². The largest absolute Gasteiger partial charge is 0.391 e. The first-order valence-electron chi connectivity index (χ1n) is 6.38. The molecule has 0 atom stereocenters. The SMILES string of the molecule is CCc1cc(Br)ccc1NS(=O)(=O)c1cc(C)c(CO)s1. The number of nitrogens with one attached hydrogen (secondary N) is 1. The number of halogens is 1. The summed E-state index contributed by atoms with van der Waals surface area (Å²) in [7, 11) is -3.63. The molecule has 0 amide bonds. The van der Waals surface area contributed by atoms with Crippen LogP contribution in [-0.4, -0.2) is 13.5 Å². The molecule has 21 heavy (non-hydrogen) atoms. The average molecular weight is 390 g/mol. The monoisotopic (exact) mass is 389 g/mol. The van der Waals surface area contributed by atoms with Gasteiger partial charge in [0.25, 0.3) is 10.0 Å². The van der Waals surface area contributed by atoms with Crippen LogP contribution < -0.4 is 4.72 Å². The Morgan fingerprint density at radius 3 is 2.62 bits per heavy atom. The first-order chi connectivity index (χ1) is 9.87. The Morgan fingerprint density at radius 1 is 1.33 bits per heavy atom. The molecule has 2 rings (SSSR count). The molecule has 0 saturated heterocycles. The zero-order valence-corrected chi connectivity index (χ0v) is 14.9. The number of aryl methyl sites for hydroxylation is 2. The number of thiophene rings is 1. The quantitative estimate of drug-likeness (QED) is 0.819. The van der Waals surface area contributed by atoms with Crippen LogP contribution in [0.3, 0.4) is 0 Å². The smallest absolute Gasteiger partial charge is 0.271 e. The Balaban J connectivity index is 2.37. The van der Waals surface area contributed by atoms with E-state index in [1.165, 1.54) is 0 Å². The number of anilines is 1. The molecule has 1 aromatic carbocycles. The van der Waals surface area contributed by atoms with Crippen molar-refractivity contribution >= 4 is 43.0 Å². The minimum Gasteiger partial charge on any atom is -0.391 e. The summed E-state index contributed by atoms with van der Waals surface area (Å²) < 4.78 is 28.6. The maximum absolute atomic E-state index is 12.4. The summed E-state index contributed by atoms with van der Waals surface area (Å²) in [5, 5.41) is 9.19. The second-order valence-corrected chi connectivity index (χ2v) is 8.55. The van der Waals surface area contributed by atoms with Gasteiger partial charge in [-0.25, -0.2) is 8.42 Å². The van der Waals surface area contributed by atoms with Gasteiger partial charge in [-0.05, 0) is 48.7 Å². The minimum absolute atomic E-state index is 0.148. The van der Waals surface area contributed by atoms with Crippen LogP contribution in [0.15, 0.2) is 32.9 Å². The minimum atomic E-state index is -3.63. The van der Waals surface area contributed by atoms with E-state index in [2.05, 4.69) is 20.7 Å². The predicted octanol–water partition coefficient (Wildman–Crippen LogP) is 3.67. The Bertz CT molecular complexity index is 754. The van der Waals surface area contributed by atoms with E-state index in [1.807, 2.05) is 13.0 Å². The zero-order valence-electron chi connectivity index (χ0n) is 11.7. The van der Waals surface area contributed by atoms with Gasteiger partial charge in [0.05, 0.1) is 12.3 Å². The Hall–Kier alpha value is -0.890. The molecule has 114 valence electrons. The summed E-state index contributed by atoms with van der Waals surface area (Å²) in [5.74, 6) is 0.